The average molecular weight is 297 g/mol. The van der Waals surface area contributed by atoms with E-state index in [9.17, 15) is 0 Å². The fourth-order valence-electron chi connectivity index (χ4n) is 2.71. The third-order valence-corrected chi connectivity index (χ3v) is 4.30. The van der Waals surface area contributed by atoms with E-state index in [0.717, 1.165) is 13.0 Å². The SMILES string of the molecule is C.C.CCCCCCCCOC1C(CC)=CC=C(C)C1C. The molecule has 1 aliphatic carbocycles. The molecule has 126 valence electrons. The van der Waals surface area contributed by atoms with Crippen LogP contribution in [0, 0.1) is 5.92 Å². The number of hydrogen-bond acceptors (Lipinski definition) is 1. The normalized spacial score (nSPS) is 21.0. The van der Waals surface area contributed by atoms with Gasteiger partial charge in [-0.1, -0.05) is 85.5 Å². The summed E-state index contributed by atoms with van der Waals surface area (Å²) in [5, 5.41) is 0. The maximum Gasteiger partial charge on any atom is 0.0850 e. The summed E-state index contributed by atoms with van der Waals surface area (Å²) in [6, 6.07) is 0. The molecule has 0 saturated carbocycles. The summed E-state index contributed by atoms with van der Waals surface area (Å²) in [5.41, 5.74) is 2.91. The molecule has 0 radical (unpaired) electrons. The van der Waals surface area contributed by atoms with Crippen molar-refractivity contribution in [2.24, 2.45) is 5.92 Å². The third-order valence-electron chi connectivity index (χ3n) is 4.30. The molecule has 0 aromatic carbocycles. The van der Waals surface area contributed by atoms with Crippen LogP contribution in [0.25, 0.3) is 0 Å². The molecular weight excluding hydrogens is 256 g/mol. The van der Waals surface area contributed by atoms with E-state index in [4.69, 9.17) is 4.74 Å². The number of unbranched alkanes of at least 4 members (excludes halogenated alkanes) is 5. The highest BCUT2D eigenvalue weighted by atomic mass is 16.5. The smallest absolute Gasteiger partial charge is 0.0850 e. The fourth-order valence-corrected chi connectivity index (χ4v) is 2.71. The van der Waals surface area contributed by atoms with E-state index in [-0.39, 0.29) is 14.9 Å². The Morgan fingerprint density at radius 3 is 2.19 bits per heavy atom. The van der Waals surface area contributed by atoms with E-state index in [1.54, 1.807) is 0 Å². The lowest BCUT2D eigenvalue weighted by Gasteiger charge is -2.30. The summed E-state index contributed by atoms with van der Waals surface area (Å²) >= 11 is 0. The van der Waals surface area contributed by atoms with Crippen LogP contribution >= 0.6 is 0 Å². The van der Waals surface area contributed by atoms with Gasteiger partial charge in [0.25, 0.3) is 0 Å². The lowest BCUT2D eigenvalue weighted by atomic mass is 9.85. The van der Waals surface area contributed by atoms with E-state index in [0.29, 0.717) is 12.0 Å². The molecule has 2 unspecified atom stereocenters. The Labute approximate surface area is 134 Å². The van der Waals surface area contributed by atoms with Crippen molar-refractivity contribution in [2.75, 3.05) is 6.61 Å². The molecule has 0 saturated heterocycles. The molecular formula is C20H40O. The van der Waals surface area contributed by atoms with Gasteiger partial charge >= 0.3 is 0 Å². The first-order valence-electron chi connectivity index (χ1n) is 8.19. The average Bonchev–Trinajstić information content (AvgIpc) is 2.42. The second-order valence-corrected chi connectivity index (χ2v) is 5.85. The summed E-state index contributed by atoms with van der Waals surface area (Å²) in [6.07, 6.45) is 14.0. The lowest BCUT2D eigenvalue weighted by molar-refractivity contribution is 0.0462. The third kappa shape index (κ3) is 7.85. The second-order valence-electron chi connectivity index (χ2n) is 5.85. The molecule has 2 atom stereocenters. The Morgan fingerprint density at radius 1 is 0.952 bits per heavy atom. The van der Waals surface area contributed by atoms with Crippen LogP contribution in [0.4, 0.5) is 0 Å². The first-order chi connectivity index (χ1) is 9.20. The van der Waals surface area contributed by atoms with Crippen LogP contribution in [-0.2, 0) is 4.74 Å². The largest absolute Gasteiger partial charge is 0.373 e. The van der Waals surface area contributed by atoms with Gasteiger partial charge in [0.2, 0.25) is 0 Å². The Hall–Kier alpha value is -0.560. The van der Waals surface area contributed by atoms with E-state index in [1.807, 2.05) is 0 Å². The number of ether oxygens (including phenoxy) is 1. The highest BCUT2D eigenvalue weighted by Crippen LogP contribution is 2.29. The van der Waals surface area contributed by atoms with Gasteiger partial charge < -0.3 is 4.74 Å². The standard InChI is InChI=1S/C18H32O.2CH4/c1-5-7-8-9-10-11-14-19-18-16(4)15(3)12-13-17(18)6-2;;/h12-13,16,18H,5-11,14H2,1-4H3;2*1H4. The summed E-state index contributed by atoms with van der Waals surface area (Å²) in [5.74, 6) is 0.542. The van der Waals surface area contributed by atoms with Crippen LogP contribution in [0.2, 0.25) is 0 Å². The Kier molecular flexibility index (Phi) is 14.2. The molecule has 1 heteroatoms. The van der Waals surface area contributed by atoms with Crippen LogP contribution in [0.15, 0.2) is 23.3 Å². The van der Waals surface area contributed by atoms with Crippen LogP contribution < -0.4 is 0 Å². The number of hydrogen-bond donors (Lipinski definition) is 0. The van der Waals surface area contributed by atoms with Crippen molar-refractivity contribution < 1.29 is 4.74 Å². The van der Waals surface area contributed by atoms with Crippen molar-refractivity contribution in [3.63, 3.8) is 0 Å². The van der Waals surface area contributed by atoms with Gasteiger partial charge in [-0.2, -0.15) is 0 Å². The van der Waals surface area contributed by atoms with Crippen LogP contribution in [0.5, 0.6) is 0 Å². The van der Waals surface area contributed by atoms with E-state index in [2.05, 4.69) is 39.8 Å². The van der Waals surface area contributed by atoms with Crippen molar-refractivity contribution >= 4 is 0 Å². The first kappa shape index (κ1) is 22.7. The molecule has 0 heterocycles. The Morgan fingerprint density at radius 2 is 1.57 bits per heavy atom. The molecule has 0 aromatic heterocycles. The van der Waals surface area contributed by atoms with Gasteiger partial charge in [0.1, 0.15) is 0 Å². The van der Waals surface area contributed by atoms with Gasteiger partial charge in [0.05, 0.1) is 6.10 Å². The van der Waals surface area contributed by atoms with E-state index in [1.165, 1.54) is 49.7 Å². The minimum Gasteiger partial charge on any atom is -0.373 e. The molecule has 0 aliphatic heterocycles. The quantitative estimate of drug-likeness (QED) is 0.419. The first-order valence-corrected chi connectivity index (χ1v) is 8.19. The van der Waals surface area contributed by atoms with Crippen molar-refractivity contribution in [1.29, 1.82) is 0 Å². The van der Waals surface area contributed by atoms with Gasteiger partial charge in [-0.25, -0.2) is 0 Å². The van der Waals surface area contributed by atoms with Gasteiger partial charge in [-0.05, 0) is 25.3 Å². The fraction of sp³-hybridized carbons (Fsp3) is 0.800. The molecule has 0 aromatic rings. The van der Waals surface area contributed by atoms with Crippen molar-refractivity contribution in [1.82, 2.24) is 0 Å². The van der Waals surface area contributed by atoms with Gasteiger partial charge in [0.15, 0.2) is 0 Å². The minimum absolute atomic E-state index is 0. The van der Waals surface area contributed by atoms with Gasteiger partial charge in [0, 0.05) is 12.5 Å². The zero-order valence-corrected chi connectivity index (χ0v) is 13.4. The van der Waals surface area contributed by atoms with Crippen LogP contribution in [0.1, 0.15) is 87.5 Å². The molecule has 0 N–H and O–H groups in total. The zero-order chi connectivity index (χ0) is 14.1. The predicted octanol–water partition coefficient (Wildman–Crippen LogP) is 6.94. The zero-order valence-electron chi connectivity index (χ0n) is 13.4. The highest BCUT2D eigenvalue weighted by molar-refractivity contribution is 5.29. The second kappa shape index (κ2) is 13.1. The molecule has 21 heavy (non-hydrogen) atoms. The molecule has 0 amide bonds. The maximum atomic E-state index is 6.17. The lowest BCUT2D eigenvalue weighted by Crippen LogP contribution is -2.27. The van der Waals surface area contributed by atoms with Crippen molar-refractivity contribution in [2.45, 2.75) is 93.6 Å². The molecule has 1 nitrogen and oxygen atoms in total. The van der Waals surface area contributed by atoms with Crippen LogP contribution in [-0.4, -0.2) is 12.7 Å². The van der Waals surface area contributed by atoms with E-state index < -0.39 is 0 Å². The molecule has 1 aliphatic rings. The summed E-state index contributed by atoms with van der Waals surface area (Å²) in [6.45, 7) is 9.93. The van der Waals surface area contributed by atoms with Crippen molar-refractivity contribution in [3.05, 3.63) is 23.3 Å². The Balaban J connectivity index is 0. The number of allylic oxidation sites excluding steroid dienone is 2. The van der Waals surface area contributed by atoms with Crippen molar-refractivity contribution in [3.8, 4) is 0 Å². The molecule has 0 fully saturated rings. The number of rotatable bonds is 9. The van der Waals surface area contributed by atoms with E-state index >= 15 is 0 Å². The molecule has 1 rings (SSSR count). The summed E-state index contributed by atoms with van der Waals surface area (Å²) in [7, 11) is 0. The van der Waals surface area contributed by atoms with Gasteiger partial charge in [-0.15, -0.1) is 0 Å². The van der Waals surface area contributed by atoms with Crippen LogP contribution in [0.3, 0.4) is 0 Å². The topological polar surface area (TPSA) is 9.23 Å². The highest BCUT2D eigenvalue weighted by Gasteiger charge is 2.24. The molecule has 0 spiro atoms. The minimum atomic E-state index is 0. The molecule has 0 bridgehead atoms. The summed E-state index contributed by atoms with van der Waals surface area (Å²) < 4.78 is 6.17. The monoisotopic (exact) mass is 296 g/mol. The summed E-state index contributed by atoms with van der Waals surface area (Å²) in [4.78, 5) is 0. The van der Waals surface area contributed by atoms with Gasteiger partial charge in [-0.3, -0.25) is 0 Å². The predicted molar refractivity (Wildman–Crippen MR) is 97.9 cm³/mol. The maximum absolute atomic E-state index is 6.17. The Bertz CT molecular complexity index is 301.